The van der Waals surface area contributed by atoms with E-state index in [9.17, 15) is 4.39 Å². The van der Waals surface area contributed by atoms with Crippen LogP contribution in [0.1, 0.15) is 19.8 Å². The van der Waals surface area contributed by atoms with E-state index in [-0.39, 0.29) is 11.9 Å². The van der Waals surface area contributed by atoms with Gasteiger partial charge in [-0.05, 0) is 31.5 Å². The fourth-order valence-electron chi connectivity index (χ4n) is 1.84. The van der Waals surface area contributed by atoms with Gasteiger partial charge in [0, 0.05) is 6.04 Å². The van der Waals surface area contributed by atoms with E-state index in [4.69, 9.17) is 4.74 Å². The van der Waals surface area contributed by atoms with Crippen LogP contribution in [-0.2, 0) is 0 Å². The predicted molar refractivity (Wildman–Crippen MR) is 57.5 cm³/mol. The molecule has 1 aliphatic carbocycles. The van der Waals surface area contributed by atoms with E-state index in [0.717, 1.165) is 19.4 Å². The summed E-state index contributed by atoms with van der Waals surface area (Å²) in [5.41, 5.74) is 0. The predicted octanol–water partition coefficient (Wildman–Crippen LogP) is 2.35. The van der Waals surface area contributed by atoms with Crippen LogP contribution in [0.25, 0.3) is 0 Å². The summed E-state index contributed by atoms with van der Waals surface area (Å²) in [6.45, 7) is 3.07. The zero-order chi connectivity index (χ0) is 10.7. The van der Waals surface area contributed by atoms with Gasteiger partial charge in [0.05, 0.1) is 0 Å². The molecule has 1 fully saturated rings. The number of nitrogens with one attached hydrogen (secondary N) is 1. The molecular weight excluding hydrogens is 193 g/mol. The molecule has 15 heavy (non-hydrogen) atoms. The topological polar surface area (TPSA) is 21.3 Å². The number of benzene rings is 1. The van der Waals surface area contributed by atoms with Crippen LogP contribution < -0.4 is 10.1 Å². The van der Waals surface area contributed by atoms with Crippen molar-refractivity contribution in [2.24, 2.45) is 0 Å². The fraction of sp³-hybridized carbons (Fsp3) is 0.500. The number of halogens is 1. The second-order valence-electron chi connectivity index (χ2n) is 3.90. The lowest BCUT2D eigenvalue weighted by Crippen LogP contribution is -2.46. The van der Waals surface area contributed by atoms with Gasteiger partial charge in [0.15, 0.2) is 11.6 Å². The van der Waals surface area contributed by atoms with Crippen LogP contribution in [0.15, 0.2) is 24.3 Å². The maximum atomic E-state index is 13.2. The molecule has 0 atom stereocenters. The van der Waals surface area contributed by atoms with Gasteiger partial charge in [-0.15, -0.1) is 0 Å². The van der Waals surface area contributed by atoms with E-state index in [1.54, 1.807) is 18.2 Å². The summed E-state index contributed by atoms with van der Waals surface area (Å²) in [7, 11) is 0. The third-order valence-corrected chi connectivity index (χ3v) is 2.72. The summed E-state index contributed by atoms with van der Waals surface area (Å²) >= 11 is 0. The monoisotopic (exact) mass is 209 g/mol. The standard InChI is InChI=1S/C12H16FNO/c1-2-14-9-7-10(8-9)15-12-6-4-3-5-11(12)13/h3-6,9-10,14H,2,7-8H2,1H3. The summed E-state index contributed by atoms with van der Waals surface area (Å²) in [4.78, 5) is 0. The Morgan fingerprint density at radius 2 is 2.13 bits per heavy atom. The van der Waals surface area contributed by atoms with Crippen molar-refractivity contribution < 1.29 is 9.13 Å². The lowest BCUT2D eigenvalue weighted by atomic mass is 9.89. The number of ether oxygens (including phenoxy) is 1. The first-order valence-corrected chi connectivity index (χ1v) is 5.44. The van der Waals surface area contributed by atoms with Gasteiger partial charge in [0.1, 0.15) is 6.10 Å². The molecule has 1 saturated carbocycles. The first-order valence-electron chi connectivity index (χ1n) is 5.44. The molecule has 0 radical (unpaired) electrons. The molecule has 1 aromatic carbocycles. The third kappa shape index (κ3) is 2.48. The van der Waals surface area contributed by atoms with Crippen LogP contribution in [0, 0.1) is 5.82 Å². The summed E-state index contributed by atoms with van der Waals surface area (Å²) in [5, 5.41) is 3.34. The van der Waals surface area contributed by atoms with Gasteiger partial charge in [-0.2, -0.15) is 0 Å². The van der Waals surface area contributed by atoms with Crippen molar-refractivity contribution in [2.75, 3.05) is 6.54 Å². The van der Waals surface area contributed by atoms with Gasteiger partial charge < -0.3 is 10.1 Å². The zero-order valence-corrected chi connectivity index (χ0v) is 8.87. The Hall–Kier alpha value is -1.09. The minimum Gasteiger partial charge on any atom is -0.487 e. The van der Waals surface area contributed by atoms with Crippen LogP contribution in [0.4, 0.5) is 4.39 Å². The number of rotatable bonds is 4. The highest BCUT2D eigenvalue weighted by Gasteiger charge is 2.30. The maximum absolute atomic E-state index is 13.2. The molecule has 2 rings (SSSR count). The Bertz CT molecular complexity index is 323. The summed E-state index contributed by atoms with van der Waals surface area (Å²) in [6, 6.07) is 7.11. The first kappa shape index (κ1) is 10.4. The van der Waals surface area contributed by atoms with Crippen molar-refractivity contribution in [3.8, 4) is 5.75 Å². The minimum atomic E-state index is -0.274. The molecule has 0 aromatic heterocycles. The maximum Gasteiger partial charge on any atom is 0.165 e. The quantitative estimate of drug-likeness (QED) is 0.821. The summed E-state index contributed by atoms with van der Waals surface area (Å²) in [6.07, 6.45) is 2.12. The second-order valence-corrected chi connectivity index (χ2v) is 3.90. The van der Waals surface area contributed by atoms with Gasteiger partial charge in [0.25, 0.3) is 0 Å². The molecule has 0 heterocycles. The normalized spacial score (nSPS) is 24.7. The van der Waals surface area contributed by atoms with E-state index in [0.29, 0.717) is 11.8 Å². The Morgan fingerprint density at radius 3 is 2.80 bits per heavy atom. The Kier molecular flexibility index (Phi) is 3.21. The SMILES string of the molecule is CCNC1CC(Oc2ccccc2F)C1. The molecule has 0 spiro atoms. The van der Waals surface area contributed by atoms with Gasteiger partial charge in [-0.25, -0.2) is 4.39 Å². The van der Waals surface area contributed by atoms with Gasteiger partial charge in [0.2, 0.25) is 0 Å². The lowest BCUT2D eigenvalue weighted by Gasteiger charge is -2.35. The number of hydrogen-bond donors (Lipinski definition) is 1. The number of para-hydroxylation sites is 1. The first-order chi connectivity index (χ1) is 7.29. The highest BCUT2D eigenvalue weighted by Crippen LogP contribution is 2.27. The second kappa shape index (κ2) is 4.62. The average Bonchev–Trinajstić information content (AvgIpc) is 2.18. The van der Waals surface area contributed by atoms with Gasteiger partial charge in [-0.3, -0.25) is 0 Å². The van der Waals surface area contributed by atoms with E-state index in [1.165, 1.54) is 6.07 Å². The smallest absolute Gasteiger partial charge is 0.165 e. The molecule has 3 heteroatoms. The summed E-state index contributed by atoms with van der Waals surface area (Å²) in [5.74, 6) is 0.0989. The van der Waals surface area contributed by atoms with Crippen molar-refractivity contribution in [1.82, 2.24) is 5.32 Å². The molecule has 1 aliphatic rings. The minimum absolute atomic E-state index is 0.172. The molecule has 1 N–H and O–H groups in total. The van der Waals surface area contributed by atoms with E-state index < -0.39 is 0 Å². The van der Waals surface area contributed by atoms with E-state index in [1.807, 2.05) is 0 Å². The molecule has 2 nitrogen and oxygen atoms in total. The van der Waals surface area contributed by atoms with Crippen LogP contribution in [0.3, 0.4) is 0 Å². The fourth-order valence-corrected chi connectivity index (χ4v) is 1.84. The van der Waals surface area contributed by atoms with Crippen molar-refractivity contribution in [1.29, 1.82) is 0 Å². The average molecular weight is 209 g/mol. The molecule has 0 bridgehead atoms. The van der Waals surface area contributed by atoms with Crippen LogP contribution in [0.2, 0.25) is 0 Å². The van der Waals surface area contributed by atoms with Crippen molar-refractivity contribution in [3.63, 3.8) is 0 Å². The van der Waals surface area contributed by atoms with E-state index >= 15 is 0 Å². The van der Waals surface area contributed by atoms with Crippen LogP contribution >= 0.6 is 0 Å². The highest BCUT2D eigenvalue weighted by molar-refractivity contribution is 5.24. The Morgan fingerprint density at radius 1 is 1.40 bits per heavy atom. The van der Waals surface area contributed by atoms with Crippen LogP contribution in [0.5, 0.6) is 5.75 Å². The van der Waals surface area contributed by atoms with Crippen LogP contribution in [-0.4, -0.2) is 18.7 Å². The molecular formula is C12H16FNO. The molecule has 0 amide bonds. The molecule has 0 unspecified atom stereocenters. The molecule has 0 saturated heterocycles. The molecule has 82 valence electrons. The Labute approximate surface area is 89.4 Å². The summed E-state index contributed by atoms with van der Waals surface area (Å²) < 4.78 is 18.8. The van der Waals surface area contributed by atoms with Crippen molar-refractivity contribution in [2.45, 2.75) is 31.9 Å². The highest BCUT2D eigenvalue weighted by atomic mass is 19.1. The lowest BCUT2D eigenvalue weighted by molar-refractivity contribution is 0.0819. The van der Waals surface area contributed by atoms with Crippen molar-refractivity contribution in [3.05, 3.63) is 30.1 Å². The molecule has 0 aliphatic heterocycles. The molecule has 1 aromatic rings. The zero-order valence-electron chi connectivity index (χ0n) is 8.87. The van der Waals surface area contributed by atoms with Crippen molar-refractivity contribution >= 4 is 0 Å². The van der Waals surface area contributed by atoms with Gasteiger partial charge >= 0.3 is 0 Å². The van der Waals surface area contributed by atoms with E-state index in [2.05, 4.69) is 12.2 Å². The third-order valence-electron chi connectivity index (χ3n) is 2.72. The van der Waals surface area contributed by atoms with Gasteiger partial charge in [-0.1, -0.05) is 19.1 Å². The largest absolute Gasteiger partial charge is 0.487 e. The Balaban J connectivity index is 1.82. The number of hydrogen-bond acceptors (Lipinski definition) is 2.